The van der Waals surface area contributed by atoms with Crippen LogP contribution >= 0.6 is 35.0 Å². The number of hydrogen-bond acceptors (Lipinski definition) is 7. The van der Waals surface area contributed by atoms with Gasteiger partial charge in [0.25, 0.3) is 5.91 Å². The molecule has 0 fully saturated rings. The molecule has 258 valence electrons. The number of carbonyl (C=O) groups is 3. The molecule has 2 aromatic heterocycles. The van der Waals surface area contributed by atoms with Gasteiger partial charge in [0.2, 0.25) is 11.8 Å². The lowest BCUT2D eigenvalue weighted by atomic mass is 10.00. The van der Waals surface area contributed by atoms with Crippen molar-refractivity contribution in [1.29, 1.82) is 0 Å². The van der Waals surface area contributed by atoms with E-state index in [0.717, 1.165) is 22.0 Å². The van der Waals surface area contributed by atoms with Gasteiger partial charge in [0, 0.05) is 65.0 Å². The van der Waals surface area contributed by atoms with Crippen molar-refractivity contribution in [3.63, 3.8) is 0 Å². The molecule has 3 heterocycles. The smallest absolute Gasteiger partial charge is 0.268 e. The molecule has 0 saturated carbocycles. The van der Waals surface area contributed by atoms with E-state index >= 15 is 0 Å². The van der Waals surface area contributed by atoms with Crippen LogP contribution in [0.25, 0.3) is 10.9 Å². The minimum atomic E-state index is -0.986. The number of pyridine rings is 1. The maximum Gasteiger partial charge on any atom is 0.268 e. The van der Waals surface area contributed by atoms with Crippen LogP contribution in [0, 0.1) is 5.92 Å². The number of nitrogens with zero attached hydrogens (tertiary/aromatic N) is 3. The second-order valence-corrected chi connectivity index (χ2v) is 14.3. The number of fused-ring (bicyclic) bond motifs is 3. The number of nitrogens with two attached hydrogens (primary N) is 1. The van der Waals surface area contributed by atoms with Gasteiger partial charge in [-0.25, -0.2) is 9.98 Å². The molecule has 13 heteroatoms. The standard InChI is InChI=1S/C36H41Cl2N7O3S/c1-21(2)31-34(47)44-29(12-6-7-13-39)36(48)45(3)30(16-23-19-41-28-11-5-4-10-26(23)28)33(46)43-20-24-15-25(37)17-27(38)32(24)49-35-22(18-42-31)9-8-14-40-35/h4-5,8-11,14-15,17,19-21,29-31,41-42H,6-7,12-13,16,18,39H2,1-3H3,(H,44,47)/t29-,30-,31-/m0/s1. The van der Waals surface area contributed by atoms with Crippen LogP contribution in [0.4, 0.5) is 0 Å². The van der Waals surface area contributed by atoms with Gasteiger partial charge in [-0.1, -0.05) is 73.1 Å². The van der Waals surface area contributed by atoms with E-state index in [2.05, 4.69) is 25.6 Å². The Morgan fingerprint density at radius 3 is 2.65 bits per heavy atom. The summed E-state index contributed by atoms with van der Waals surface area (Å²) in [6, 6.07) is 12.4. The molecule has 0 aliphatic carbocycles. The molecule has 1 aliphatic rings. The number of aromatic amines is 1. The number of likely N-dealkylation sites (N-methyl/N-ethyl adjacent to an activating group) is 1. The molecule has 0 spiro atoms. The van der Waals surface area contributed by atoms with Crippen molar-refractivity contribution in [2.45, 2.75) is 74.1 Å². The highest BCUT2D eigenvalue weighted by atomic mass is 35.5. The highest BCUT2D eigenvalue weighted by molar-refractivity contribution is 7.99. The molecule has 49 heavy (non-hydrogen) atoms. The highest BCUT2D eigenvalue weighted by Crippen LogP contribution is 2.38. The van der Waals surface area contributed by atoms with E-state index in [4.69, 9.17) is 28.9 Å². The maximum atomic E-state index is 14.3. The first-order chi connectivity index (χ1) is 23.6. The fourth-order valence-electron chi connectivity index (χ4n) is 5.91. The largest absolute Gasteiger partial charge is 0.361 e. The summed E-state index contributed by atoms with van der Waals surface area (Å²) in [6.45, 7) is 4.68. The molecule has 0 unspecified atom stereocenters. The summed E-state index contributed by atoms with van der Waals surface area (Å²) in [4.78, 5) is 56.6. The SMILES string of the molecule is CC(C)[C@@H]1NCc2cccnc2Sc2c(Cl)cc(Cl)cc2C=NC(=O)[C@H](Cc2c[nH]c3ccccc23)N(C)C(=O)[C@H](CCCCN)NC1=O. The minimum Gasteiger partial charge on any atom is -0.361 e. The predicted octanol–water partition coefficient (Wildman–Crippen LogP) is 5.78. The number of hydrogen-bond donors (Lipinski definition) is 4. The van der Waals surface area contributed by atoms with E-state index in [1.165, 1.54) is 22.9 Å². The van der Waals surface area contributed by atoms with Crippen molar-refractivity contribution in [3.8, 4) is 0 Å². The lowest BCUT2D eigenvalue weighted by Crippen LogP contribution is -2.56. The number of aromatic nitrogens is 2. The molecule has 5 N–H and O–H groups in total. The summed E-state index contributed by atoms with van der Waals surface area (Å²) in [7, 11) is 1.59. The van der Waals surface area contributed by atoms with Gasteiger partial charge in [-0.2, -0.15) is 0 Å². The Kier molecular flexibility index (Phi) is 12.5. The molecule has 10 nitrogen and oxygen atoms in total. The number of nitrogens with one attached hydrogen (secondary N) is 3. The zero-order valence-corrected chi connectivity index (χ0v) is 30.0. The molecular weight excluding hydrogens is 681 g/mol. The summed E-state index contributed by atoms with van der Waals surface area (Å²) in [5.41, 5.74) is 8.92. The van der Waals surface area contributed by atoms with Crippen LogP contribution in [-0.2, 0) is 27.3 Å². The molecule has 2 aromatic carbocycles. The number of rotatable bonds is 7. The van der Waals surface area contributed by atoms with Crippen molar-refractivity contribution in [2.24, 2.45) is 16.6 Å². The second-order valence-electron chi connectivity index (χ2n) is 12.4. The Hall–Kier alpha value is -3.74. The first kappa shape index (κ1) is 36.5. The summed E-state index contributed by atoms with van der Waals surface area (Å²) in [5, 5.41) is 8.77. The second kappa shape index (κ2) is 16.8. The highest BCUT2D eigenvalue weighted by Gasteiger charge is 2.34. The average Bonchev–Trinajstić information content (AvgIpc) is 3.49. The number of aliphatic imine (C=N–C) groups is 1. The van der Waals surface area contributed by atoms with Crippen LogP contribution in [0.15, 0.2) is 75.8 Å². The number of unbranched alkanes of at least 4 members (excludes halogenated alkanes) is 1. The summed E-state index contributed by atoms with van der Waals surface area (Å²) < 4.78 is 0. The lowest BCUT2D eigenvalue weighted by Gasteiger charge is -2.31. The van der Waals surface area contributed by atoms with Crippen LogP contribution in [0.3, 0.4) is 0 Å². The van der Waals surface area contributed by atoms with Crippen LogP contribution in [-0.4, -0.2) is 70.5 Å². The topological polar surface area (TPSA) is 146 Å². The third-order valence-electron chi connectivity index (χ3n) is 8.63. The van der Waals surface area contributed by atoms with Gasteiger partial charge in [0.15, 0.2) is 0 Å². The first-order valence-electron chi connectivity index (χ1n) is 16.3. The van der Waals surface area contributed by atoms with E-state index in [9.17, 15) is 14.4 Å². The number of para-hydroxylation sites is 1. The minimum absolute atomic E-state index is 0.103. The van der Waals surface area contributed by atoms with Crippen molar-refractivity contribution in [1.82, 2.24) is 25.5 Å². The van der Waals surface area contributed by atoms with Crippen LogP contribution < -0.4 is 16.4 Å². The van der Waals surface area contributed by atoms with E-state index < -0.39 is 24.0 Å². The van der Waals surface area contributed by atoms with Crippen molar-refractivity contribution in [3.05, 3.63) is 87.7 Å². The first-order valence-corrected chi connectivity index (χ1v) is 17.9. The Morgan fingerprint density at radius 2 is 1.88 bits per heavy atom. The van der Waals surface area contributed by atoms with Gasteiger partial charge in [-0.05, 0) is 67.1 Å². The van der Waals surface area contributed by atoms with Gasteiger partial charge >= 0.3 is 0 Å². The molecule has 3 atom stereocenters. The van der Waals surface area contributed by atoms with Crippen molar-refractivity contribution in [2.75, 3.05) is 13.6 Å². The van der Waals surface area contributed by atoms with Crippen LogP contribution in [0.2, 0.25) is 10.0 Å². The summed E-state index contributed by atoms with van der Waals surface area (Å²) in [5.74, 6) is -1.33. The Labute approximate surface area is 300 Å². The van der Waals surface area contributed by atoms with E-state index in [1.807, 2.05) is 56.4 Å². The summed E-state index contributed by atoms with van der Waals surface area (Å²) in [6.07, 6.45) is 6.83. The fourth-order valence-corrected chi connectivity index (χ4v) is 7.50. The fraction of sp³-hybridized carbons (Fsp3) is 0.361. The third-order valence-corrected chi connectivity index (χ3v) is 10.5. The summed E-state index contributed by atoms with van der Waals surface area (Å²) >= 11 is 14.5. The van der Waals surface area contributed by atoms with Gasteiger partial charge in [0.1, 0.15) is 17.1 Å². The lowest BCUT2D eigenvalue weighted by molar-refractivity contribution is -0.141. The van der Waals surface area contributed by atoms with Gasteiger partial charge < -0.3 is 26.3 Å². The van der Waals surface area contributed by atoms with Crippen molar-refractivity contribution >= 4 is 69.8 Å². The number of amides is 3. The normalized spacial score (nSPS) is 19.5. The number of halogens is 2. The molecular formula is C36H41Cl2N7O3S. The molecule has 3 amide bonds. The molecule has 5 rings (SSSR count). The van der Waals surface area contributed by atoms with E-state index in [-0.39, 0.29) is 24.2 Å². The predicted molar refractivity (Wildman–Crippen MR) is 196 cm³/mol. The van der Waals surface area contributed by atoms with Crippen LogP contribution in [0.5, 0.6) is 0 Å². The number of H-pyrrole nitrogens is 1. The van der Waals surface area contributed by atoms with E-state index in [0.29, 0.717) is 57.9 Å². The molecule has 0 saturated heterocycles. The number of benzene rings is 2. The zero-order chi connectivity index (χ0) is 35.1. The molecule has 1 aliphatic heterocycles. The Morgan fingerprint density at radius 1 is 1.08 bits per heavy atom. The molecule has 4 aromatic rings. The average molecular weight is 723 g/mol. The Balaban J connectivity index is 1.62. The van der Waals surface area contributed by atoms with Gasteiger partial charge in [0.05, 0.1) is 11.1 Å². The van der Waals surface area contributed by atoms with Crippen LogP contribution in [0.1, 0.15) is 49.8 Å². The van der Waals surface area contributed by atoms with Gasteiger partial charge in [-0.3, -0.25) is 14.4 Å². The molecule has 0 radical (unpaired) electrons. The quantitative estimate of drug-likeness (QED) is 0.177. The number of carbonyl (C=O) groups excluding carboxylic acids is 3. The maximum absolute atomic E-state index is 14.3. The molecule has 0 bridgehead atoms. The Bertz CT molecular complexity index is 1850. The zero-order valence-electron chi connectivity index (χ0n) is 27.7. The van der Waals surface area contributed by atoms with Crippen molar-refractivity contribution < 1.29 is 14.4 Å². The van der Waals surface area contributed by atoms with E-state index in [1.54, 1.807) is 25.4 Å². The van der Waals surface area contributed by atoms with Gasteiger partial charge in [-0.15, -0.1) is 0 Å². The monoisotopic (exact) mass is 721 g/mol. The third kappa shape index (κ3) is 8.90.